The van der Waals surface area contributed by atoms with Gasteiger partial charge >= 0.3 is 0 Å². The number of hydrogen-bond donors (Lipinski definition) is 3. The second-order valence-electron chi connectivity index (χ2n) is 6.45. The molecule has 0 saturated carbocycles. The quantitative estimate of drug-likeness (QED) is 0.722. The summed E-state index contributed by atoms with van der Waals surface area (Å²) in [7, 11) is 0. The first kappa shape index (κ1) is 18.9. The Bertz CT molecular complexity index is 801. The molecule has 1 aliphatic rings. The number of hydrogen-bond acceptors (Lipinski definition) is 5. The molecular formula is C20H23N3O4. The highest BCUT2D eigenvalue weighted by atomic mass is 16.5. The van der Waals surface area contributed by atoms with Crippen molar-refractivity contribution < 1.29 is 19.1 Å². The molecule has 1 aliphatic heterocycles. The van der Waals surface area contributed by atoms with Crippen LogP contribution in [0.25, 0.3) is 0 Å². The standard InChI is InChI=1S/C20H23N3O4/c21-18(13-9-11-26-12-10-13)20(25)23-14-5-7-15(8-6-14)27-17-4-2-1-3-16(17)19(22)24/h1-8,13,18H,9-12,21H2,(H2,22,24)(H,23,25). The zero-order chi connectivity index (χ0) is 19.2. The Hall–Kier alpha value is -2.90. The second kappa shape index (κ2) is 8.66. The van der Waals surface area contributed by atoms with Crippen molar-refractivity contribution in [3.05, 3.63) is 54.1 Å². The molecule has 2 aromatic rings. The molecular weight excluding hydrogens is 346 g/mol. The van der Waals surface area contributed by atoms with E-state index in [-0.39, 0.29) is 11.8 Å². The van der Waals surface area contributed by atoms with Gasteiger partial charge in [-0.1, -0.05) is 12.1 Å². The summed E-state index contributed by atoms with van der Waals surface area (Å²) in [6.07, 6.45) is 1.58. The summed E-state index contributed by atoms with van der Waals surface area (Å²) in [5.74, 6) is 0.261. The van der Waals surface area contributed by atoms with Crippen molar-refractivity contribution in [2.75, 3.05) is 18.5 Å². The molecule has 1 atom stereocenters. The number of para-hydroxylation sites is 1. The average molecular weight is 369 g/mol. The largest absolute Gasteiger partial charge is 0.457 e. The van der Waals surface area contributed by atoms with Gasteiger partial charge in [-0.15, -0.1) is 0 Å². The van der Waals surface area contributed by atoms with Crippen molar-refractivity contribution in [3.8, 4) is 11.5 Å². The van der Waals surface area contributed by atoms with Crippen LogP contribution in [0.1, 0.15) is 23.2 Å². The van der Waals surface area contributed by atoms with Gasteiger partial charge < -0.3 is 26.3 Å². The number of primary amides is 1. The van der Waals surface area contributed by atoms with Gasteiger partial charge in [0.05, 0.1) is 11.6 Å². The fourth-order valence-corrected chi connectivity index (χ4v) is 3.01. The van der Waals surface area contributed by atoms with E-state index in [9.17, 15) is 9.59 Å². The predicted octanol–water partition coefficient (Wildman–Crippen LogP) is 2.27. The molecule has 7 heteroatoms. The van der Waals surface area contributed by atoms with Crippen molar-refractivity contribution in [2.45, 2.75) is 18.9 Å². The van der Waals surface area contributed by atoms with Crippen LogP contribution in [0.4, 0.5) is 5.69 Å². The molecule has 2 aromatic carbocycles. The molecule has 3 rings (SSSR count). The minimum absolute atomic E-state index is 0.131. The maximum Gasteiger partial charge on any atom is 0.252 e. The molecule has 0 bridgehead atoms. The van der Waals surface area contributed by atoms with Crippen LogP contribution >= 0.6 is 0 Å². The monoisotopic (exact) mass is 369 g/mol. The minimum atomic E-state index is -0.563. The number of carbonyl (C=O) groups excluding carboxylic acids is 2. The van der Waals surface area contributed by atoms with Crippen LogP contribution in [-0.4, -0.2) is 31.1 Å². The Morgan fingerprint density at radius 3 is 2.41 bits per heavy atom. The highest BCUT2D eigenvalue weighted by molar-refractivity contribution is 5.96. The Morgan fingerprint density at radius 2 is 1.74 bits per heavy atom. The third-order valence-electron chi connectivity index (χ3n) is 4.58. The van der Waals surface area contributed by atoms with Gasteiger partial charge in [0.2, 0.25) is 5.91 Å². The van der Waals surface area contributed by atoms with E-state index in [2.05, 4.69) is 5.32 Å². The van der Waals surface area contributed by atoms with Gasteiger partial charge in [0.1, 0.15) is 11.5 Å². The number of nitrogens with two attached hydrogens (primary N) is 2. The molecule has 0 spiro atoms. The third-order valence-corrected chi connectivity index (χ3v) is 4.58. The maximum absolute atomic E-state index is 12.3. The summed E-state index contributed by atoms with van der Waals surface area (Å²) >= 11 is 0. The van der Waals surface area contributed by atoms with Crippen LogP contribution in [0, 0.1) is 5.92 Å². The molecule has 1 fully saturated rings. The molecule has 142 valence electrons. The Balaban J connectivity index is 1.62. The first-order valence-corrected chi connectivity index (χ1v) is 8.85. The van der Waals surface area contributed by atoms with E-state index in [1.54, 1.807) is 48.5 Å². The van der Waals surface area contributed by atoms with Gasteiger partial charge in [-0.3, -0.25) is 9.59 Å². The lowest BCUT2D eigenvalue weighted by atomic mass is 9.92. The van der Waals surface area contributed by atoms with E-state index in [1.165, 1.54) is 0 Å². The molecule has 2 amide bonds. The van der Waals surface area contributed by atoms with Crippen LogP contribution in [0.3, 0.4) is 0 Å². The lowest BCUT2D eigenvalue weighted by molar-refractivity contribution is -0.119. The fraction of sp³-hybridized carbons (Fsp3) is 0.300. The topological polar surface area (TPSA) is 117 Å². The van der Waals surface area contributed by atoms with Crippen molar-refractivity contribution in [1.82, 2.24) is 0 Å². The van der Waals surface area contributed by atoms with Gasteiger partial charge in [0.15, 0.2) is 0 Å². The van der Waals surface area contributed by atoms with Gasteiger partial charge in [0.25, 0.3) is 5.91 Å². The predicted molar refractivity (Wildman–Crippen MR) is 102 cm³/mol. The molecule has 27 heavy (non-hydrogen) atoms. The van der Waals surface area contributed by atoms with E-state index in [4.69, 9.17) is 20.9 Å². The number of carbonyl (C=O) groups is 2. The van der Waals surface area contributed by atoms with Gasteiger partial charge in [0, 0.05) is 18.9 Å². The Kier molecular flexibility index (Phi) is 6.05. The first-order chi connectivity index (χ1) is 13.0. The van der Waals surface area contributed by atoms with Crippen LogP contribution in [-0.2, 0) is 9.53 Å². The van der Waals surface area contributed by atoms with Crippen LogP contribution in [0.15, 0.2) is 48.5 Å². The zero-order valence-corrected chi connectivity index (χ0v) is 14.9. The summed E-state index contributed by atoms with van der Waals surface area (Å²) in [6, 6.07) is 13.0. The van der Waals surface area contributed by atoms with Crippen molar-refractivity contribution in [1.29, 1.82) is 0 Å². The molecule has 0 aliphatic carbocycles. The summed E-state index contributed by atoms with van der Waals surface area (Å²) in [5.41, 5.74) is 12.4. The van der Waals surface area contributed by atoms with E-state index < -0.39 is 11.9 Å². The number of anilines is 1. The highest BCUT2D eigenvalue weighted by Gasteiger charge is 2.26. The lowest BCUT2D eigenvalue weighted by Crippen LogP contribution is -2.43. The lowest BCUT2D eigenvalue weighted by Gasteiger charge is -2.26. The minimum Gasteiger partial charge on any atom is -0.457 e. The molecule has 1 unspecified atom stereocenters. The molecule has 5 N–H and O–H groups in total. The number of amides is 2. The van der Waals surface area contributed by atoms with Gasteiger partial charge in [-0.25, -0.2) is 0 Å². The molecule has 7 nitrogen and oxygen atoms in total. The van der Waals surface area contributed by atoms with E-state index in [0.29, 0.717) is 36.0 Å². The summed E-state index contributed by atoms with van der Waals surface area (Å²) in [6.45, 7) is 1.29. The van der Waals surface area contributed by atoms with E-state index >= 15 is 0 Å². The van der Waals surface area contributed by atoms with E-state index in [0.717, 1.165) is 12.8 Å². The molecule has 1 heterocycles. The van der Waals surface area contributed by atoms with Gasteiger partial charge in [-0.05, 0) is 55.2 Å². The van der Waals surface area contributed by atoms with Crippen LogP contribution < -0.4 is 21.5 Å². The fourth-order valence-electron chi connectivity index (χ4n) is 3.01. The summed E-state index contributed by atoms with van der Waals surface area (Å²) in [4.78, 5) is 23.8. The van der Waals surface area contributed by atoms with Crippen LogP contribution in [0.2, 0.25) is 0 Å². The molecule has 0 radical (unpaired) electrons. The zero-order valence-electron chi connectivity index (χ0n) is 14.9. The molecule has 0 aromatic heterocycles. The Morgan fingerprint density at radius 1 is 1.07 bits per heavy atom. The van der Waals surface area contributed by atoms with Crippen LogP contribution in [0.5, 0.6) is 11.5 Å². The maximum atomic E-state index is 12.3. The smallest absolute Gasteiger partial charge is 0.252 e. The van der Waals surface area contributed by atoms with Gasteiger partial charge in [-0.2, -0.15) is 0 Å². The van der Waals surface area contributed by atoms with Crippen molar-refractivity contribution in [3.63, 3.8) is 0 Å². The number of benzene rings is 2. The normalized spacial score (nSPS) is 15.7. The third kappa shape index (κ3) is 4.84. The number of ether oxygens (including phenoxy) is 2. The average Bonchev–Trinajstić information content (AvgIpc) is 2.70. The number of nitrogens with one attached hydrogen (secondary N) is 1. The van der Waals surface area contributed by atoms with Crippen molar-refractivity contribution >= 4 is 17.5 Å². The van der Waals surface area contributed by atoms with Crippen molar-refractivity contribution in [2.24, 2.45) is 17.4 Å². The molecule has 1 saturated heterocycles. The summed E-state index contributed by atoms with van der Waals surface area (Å²) in [5, 5.41) is 2.83. The number of rotatable bonds is 6. The Labute approximate surface area is 157 Å². The second-order valence-corrected chi connectivity index (χ2v) is 6.45. The summed E-state index contributed by atoms with van der Waals surface area (Å²) < 4.78 is 11.0. The highest BCUT2D eigenvalue weighted by Crippen LogP contribution is 2.26. The first-order valence-electron chi connectivity index (χ1n) is 8.85. The SMILES string of the molecule is NC(=O)c1ccccc1Oc1ccc(NC(=O)C(N)C2CCOCC2)cc1. The van der Waals surface area contributed by atoms with E-state index in [1.807, 2.05) is 0 Å².